The summed E-state index contributed by atoms with van der Waals surface area (Å²) < 4.78 is 33.2. The SMILES string of the molecule is COc1ccc(Cl)cc1C(F)(F)CNC(C)(C)C. The van der Waals surface area contributed by atoms with Gasteiger partial charge in [-0.3, -0.25) is 0 Å². The summed E-state index contributed by atoms with van der Waals surface area (Å²) in [6.07, 6.45) is 0. The molecular weight excluding hydrogens is 260 g/mol. The first kappa shape index (κ1) is 15.2. The smallest absolute Gasteiger partial charge is 0.289 e. The Hall–Kier alpha value is -0.870. The van der Waals surface area contributed by atoms with Crippen LogP contribution in [0.2, 0.25) is 5.02 Å². The number of hydrogen-bond donors (Lipinski definition) is 1. The Kier molecular flexibility index (Phi) is 4.56. The van der Waals surface area contributed by atoms with Gasteiger partial charge < -0.3 is 10.1 Å². The summed E-state index contributed by atoms with van der Waals surface area (Å²) in [7, 11) is 1.36. The first-order valence-corrected chi connectivity index (χ1v) is 6.00. The number of hydrogen-bond acceptors (Lipinski definition) is 2. The molecule has 0 aromatic heterocycles. The zero-order valence-electron chi connectivity index (χ0n) is 11.0. The first-order valence-electron chi connectivity index (χ1n) is 5.62. The minimum atomic E-state index is -3.04. The maximum Gasteiger partial charge on any atom is 0.289 e. The Bertz CT molecular complexity index is 416. The molecule has 0 aliphatic rings. The molecule has 5 heteroatoms. The van der Waals surface area contributed by atoms with Crippen molar-refractivity contribution in [2.45, 2.75) is 32.2 Å². The van der Waals surface area contributed by atoms with Crippen molar-refractivity contribution in [2.24, 2.45) is 0 Å². The lowest BCUT2D eigenvalue weighted by molar-refractivity contribution is -0.0106. The summed E-state index contributed by atoms with van der Waals surface area (Å²) in [5.41, 5.74) is -0.579. The fraction of sp³-hybridized carbons (Fsp3) is 0.538. The summed E-state index contributed by atoms with van der Waals surface area (Å²) in [4.78, 5) is 0. The van der Waals surface area contributed by atoms with Gasteiger partial charge in [0.1, 0.15) is 5.75 Å². The quantitative estimate of drug-likeness (QED) is 0.903. The van der Waals surface area contributed by atoms with Gasteiger partial charge >= 0.3 is 0 Å². The third kappa shape index (κ3) is 4.10. The average Bonchev–Trinajstić information content (AvgIpc) is 2.26. The van der Waals surface area contributed by atoms with Gasteiger partial charge in [-0.2, -0.15) is 8.78 Å². The van der Waals surface area contributed by atoms with E-state index in [9.17, 15) is 8.78 Å². The van der Waals surface area contributed by atoms with Gasteiger partial charge in [0.05, 0.1) is 19.2 Å². The van der Waals surface area contributed by atoms with Gasteiger partial charge in [-0.05, 0) is 39.0 Å². The summed E-state index contributed by atoms with van der Waals surface area (Å²) in [6, 6.07) is 4.21. The predicted octanol–water partition coefficient (Wildman–Crippen LogP) is 3.83. The van der Waals surface area contributed by atoms with Crippen LogP contribution in [0.5, 0.6) is 5.75 Å². The third-order valence-electron chi connectivity index (χ3n) is 2.40. The predicted molar refractivity (Wildman–Crippen MR) is 69.7 cm³/mol. The second-order valence-corrected chi connectivity index (χ2v) is 5.59. The van der Waals surface area contributed by atoms with Crippen molar-refractivity contribution in [1.29, 1.82) is 0 Å². The maximum absolute atomic E-state index is 14.1. The van der Waals surface area contributed by atoms with Crippen LogP contribution in [0.4, 0.5) is 8.78 Å². The lowest BCUT2D eigenvalue weighted by Crippen LogP contribution is -2.42. The van der Waals surface area contributed by atoms with E-state index in [1.165, 1.54) is 25.3 Å². The zero-order chi connectivity index (χ0) is 14.0. The molecule has 0 spiro atoms. The highest BCUT2D eigenvalue weighted by Crippen LogP contribution is 2.36. The van der Waals surface area contributed by atoms with Gasteiger partial charge in [-0.15, -0.1) is 0 Å². The highest BCUT2D eigenvalue weighted by molar-refractivity contribution is 6.30. The van der Waals surface area contributed by atoms with E-state index in [4.69, 9.17) is 16.3 Å². The van der Waals surface area contributed by atoms with E-state index in [-0.39, 0.29) is 21.9 Å². The van der Waals surface area contributed by atoms with E-state index in [1.807, 2.05) is 20.8 Å². The molecule has 0 aliphatic heterocycles. The van der Waals surface area contributed by atoms with E-state index < -0.39 is 12.5 Å². The molecule has 0 saturated carbocycles. The topological polar surface area (TPSA) is 21.3 Å². The molecule has 0 heterocycles. The van der Waals surface area contributed by atoms with Crippen LogP contribution in [-0.2, 0) is 5.92 Å². The van der Waals surface area contributed by atoms with Crippen molar-refractivity contribution in [3.05, 3.63) is 28.8 Å². The summed E-state index contributed by atoms with van der Waals surface area (Å²) in [6.45, 7) is 5.03. The number of nitrogens with one attached hydrogen (secondary N) is 1. The fourth-order valence-electron chi connectivity index (χ4n) is 1.44. The molecule has 0 aliphatic carbocycles. The summed E-state index contributed by atoms with van der Waals surface area (Å²) in [5, 5.41) is 3.05. The van der Waals surface area contributed by atoms with E-state index >= 15 is 0 Å². The monoisotopic (exact) mass is 277 g/mol. The van der Waals surface area contributed by atoms with Gasteiger partial charge in [0, 0.05) is 10.6 Å². The van der Waals surface area contributed by atoms with E-state index in [2.05, 4.69) is 5.32 Å². The highest BCUT2D eigenvalue weighted by atomic mass is 35.5. The molecule has 1 rings (SSSR count). The minimum absolute atomic E-state index is 0.139. The second kappa shape index (κ2) is 5.41. The van der Waals surface area contributed by atoms with Crippen molar-refractivity contribution in [3.63, 3.8) is 0 Å². The molecule has 1 aromatic carbocycles. The van der Waals surface area contributed by atoms with Crippen molar-refractivity contribution in [3.8, 4) is 5.75 Å². The van der Waals surface area contributed by atoms with Gasteiger partial charge in [0.25, 0.3) is 5.92 Å². The molecular formula is C13H18ClF2NO. The second-order valence-electron chi connectivity index (χ2n) is 5.15. The Morgan fingerprint density at radius 1 is 1.28 bits per heavy atom. The van der Waals surface area contributed by atoms with E-state index in [1.54, 1.807) is 0 Å². The van der Waals surface area contributed by atoms with Crippen molar-refractivity contribution < 1.29 is 13.5 Å². The fourth-order valence-corrected chi connectivity index (χ4v) is 1.61. The number of halogens is 3. The third-order valence-corrected chi connectivity index (χ3v) is 2.63. The van der Waals surface area contributed by atoms with Crippen LogP contribution < -0.4 is 10.1 Å². The number of ether oxygens (including phenoxy) is 1. The van der Waals surface area contributed by atoms with Crippen LogP contribution >= 0.6 is 11.6 Å². The molecule has 0 amide bonds. The Labute approximate surface area is 111 Å². The van der Waals surface area contributed by atoms with Crippen LogP contribution in [0.15, 0.2) is 18.2 Å². The van der Waals surface area contributed by atoms with E-state index in [0.717, 1.165) is 0 Å². The van der Waals surface area contributed by atoms with Gasteiger partial charge in [-0.25, -0.2) is 0 Å². The lowest BCUT2D eigenvalue weighted by Gasteiger charge is -2.26. The van der Waals surface area contributed by atoms with Crippen molar-refractivity contribution in [1.82, 2.24) is 5.32 Å². The lowest BCUT2D eigenvalue weighted by atomic mass is 10.0. The average molecular weight is 278 g/mol. The molecule has 18 heavy (non-hydrogen) atoms. The Morgan fingerprint density at radius 3 is 2.39 bits per heavy atom. The van der Waals surface area contributed by atoms with Gasteiger partial charge in [0.2, 0.25) is 0 Å². The number of alkyl halides is 2. The molecule has 0 bridgehead atoms. The van der Waals surface area contributed by atoms with Crippen molar-refractivity contribution >= 4 is 11.6 Å². The minimum Gasteiger partial charge on any atom is -0.496 e. The molecule has 0 fully saturated rings. The molecule has 0 atom stereocenters. The molecule has 0 radical (unpaired) electrons. The Morgan fingerprint density at radius 2 is 1.89 bits per heavy atom. The van der Waals surface area contributed by atoms with Crippen LogP contribution in [-0.4, -0.2) is 19.2 Å². The number of rotatable bonds is 4. The van der Waals surface area contributed by atoms with Gasteiger partial charge in [0.15, 0.2) is 0 Å². The molecule has 0 unspecified atom stereocenters. The van der Waals surface area contributed by atoms with Crippen LogP contribution in [0.1, 0.15) is 26.3 Å². The van der Waals surface area contributed by atoms with Crippen LogP contribution in [0, 0.1) is 0 Å². The van der Waals surface area contributed by atoms with Crippen molar-refractivity contribution in [2.75, 3.05) is 13.7 Å². The van der Waals surface area contributed by atoms with Gasteiger partial charge in [-0.1, -0.05) is 11.6 Å². The zero-order valence-corrected chi connectivity index (χ0v) is 11.7. The summed E-state index contributed by atoms with van der Waals surface area (Å²) >= 11 is 5.76. The molecule has 1 aromatic rings. The molecule has 102 valence electrons. The molecule has 1 N–H and O–H groups in total. The highest BCUT2D eigenvalue weighted by Gasteiger charge is 2.35. The number of methoxy groups -OCH3 is 1. The molecule has 2 nitrogen and oxygen atoms in total. The largest absolute Gasteiger partial charge is 0.496 e. The first-order chi connectivity index (χ1) is 8.15. The number of benzene rings is 1. The Balaban J connectivity index is 2.99. The normalized spacial score (nSPS) is 12.6. The van der Waals surface area contributed by atoms with Crippen LogP contribution in [0.3, 0.4) is 0 Å². The van der Waals surface area contributed by atoms with Crippen LogP contribution in [0.25, 0.3) is 0 Å². The standard InChI is InChI=1S/C13H18ClF2NO/c1-12(2,3)17-8-13(15,16)10-7-9(14)5-6-11(10)18-4/h5-7,17H,8H2,1-4H3. The maximum atomic E-state index is 14.1. The van der Waals surface area contributed by atoms with E-state index in [0.29, 0.717) is 0 Å². The summed E-state index contributed by atoms with van der Waals surface area (Å²) in [5.74, 6) is -2.90. The molecule has 0 saturated heterocycles.